The van der Waals surface area contributed by atoms with Crippen LogP contribution in [0.5, 0.6) is 0 Å². The molecule has 0 unspecified atom stereocenters. The van der Waals surface area contributed by atoms with E-state index in [1.807, 2.05) is 17.9 Å². The van der Waals surface area contributed by atoms with E-state index in [1.54, 1.807) is 0 Å². The monoisotopic (exact) mass is 237 g/mol. The van der Waals surface area contributed by atoms with Gasteiger partial charge in [0.1, 0.15) is 0 Å². The van der Waals surface area contributed by atoms with Crippen LogP contribution in [-0.4, -0.2) is 27.9 Å². The van der Waals surface area contributed by atoms with Crippen molar-refractivity contribution in [2.24, 2.45) is 5.92 Å². The minimum absolute atomic E-state index is 0.205. The smallest absolute Gasteiger partial charge is 0.306 e. The molecule has 94 valence electrons. The Morgan fingerprint density at radius 1 is 1.29 bits per heavy atom. The number of aliphatic carboxylic acids is 1. The number of carbonyl (C=O) groups is 2. The summed E-state index contributed by atoms with van der Waals surface area (Å²) in [6.45, 7) is 1.96. The fraction of sp³-hybridized carbons (Fsp3) is 0.692. The summed E-state index contributed by atoms with van der Waals surface area (Å²) in [4.78, 5) is 24.6. The van der Waals surface area contributed by atoms with Gasteiger partial charge in [0, 0.05) is 18.2 Å². The number of likely N-dealkylation sites (tertiary alicyclic amines) is 1. The first-order valence-electron chi connectivity index (χ1n) is 6.33. The van der Waals surface area contributed by atoms with E-state index in [4.69, 9.17) is 5.11 Å². The predicted molar refractivity (Wildman–Crippen MR) is 63.2 cm³/mol. The van der Waals surface area contributed by atoms with E-state index in [2.05, 4.69) is 0 Å². The molecule has 0 aromatic heterocycles. The van der Waals surface area contributed by atoms with Gasteiger partial charge < -0.3 is 10.0 Å². The molecule has 17 heavy (non-hydrogen) atoms. The van der Waals surface area contributed by atoms with Crippen LogP contribution in [0.15, 0.2) is 11.8 Å². The van der Waals surface area contributed by atoms with Gasteiger partial charge in [0.15, 0.2) is 0 Å². The van der Waals surface area contributed by atoms with E-state index in [0.29, 0.717) is 19.3 Å². The average Bonchev–Trinajstić information content (AvgIpc) is 2.70. The molecule has 0 bridgehead atoms. The molecule has 0 aromatic rings. The van der Waals surface area contributed by atoms with Gasteiger partial charge in [-0.1, -0.05) is 6.08 Å². The molecular formula is C13H19NO3. The van der Waals surface area contributed by atoms with Crippen LogP contribution in [0.3, 0.4) is 0 Å². The van der Waals surface area contributed by atoms with Gasteiger partial charge in [-0.15, -0.1) is 0 Å². The Balaban J connectivity index is 2.00. The van der Waals surface area contributed by atoms with Gasteiger partial charge >= 0.3 is 5.97 Å². The van der Waals surface area contributed by atoms with Crippen molar-refractivity contribution >= 4 is 11.9 Å². The zero-order valence-corrected chi connectivity index (χ0v) is 10.2. The van der Waals surface area contributed by atoms with Crippen molar-refractivity contribution < 1.29 is 14.7 Å². The van der Waals surface area contributed by atoms with Gasteiger partial charge in [-0.2, -0.15) is 0 Å². The van der Waals surface area contributed by atoms with Crippen LogP contribution in [0, 0.1) is 5.92 Å². The summed E-state index contributed by atoms with van der Waals surface area (Å²) in [5, 5.41) is 8.95. The molecule has 4 heteroatoms. The number of allylic oxidation sites excluding steroid dienone is 2. The molecule has 1 aliphatic heterocycles. The summed E-state index contributed by atoms with van der Waals surface area (Å²) in [5.74, 6) is -0.697. The molecule has 1 aliphatic carbocycles. The van der Waals surface area contributed by atoms with Crippen LogP contribution < -0.4 is 0 Å². The quantitative estimate of drug-likeness (QED) is 0.800. The number of amides is 1. The normalized spacial score (nSPS) is 32.2. The minimum atomic E-state index is -0.692. The molecule has 0 aromatic carbocycles. The molecule has 2 fully saturated rings. The highest BCUT2D eigenvalue weighted by atomic mass is 16.4. The molecule has 0 atom stereocenters. The highest BCUT2D eigenvalue weighted by molar-refractivity contribution is 5.81. The number of hydrogen-bond donors (Lipinski definition) is 1. The maximum Gasteiger partial charge on any atom is 0.306 e. The van der Waals surface area contributed by atoms with Crippen LogP contribution in [0.4, 0.5) is 0 Å². The maximum atomic E-state index is 11.8. The Kier molecular flexibility index (Phi) is 3.50. The molecule has 1 amide bonds. The second-order valence-corrected chi connectivity index (χ2v) is 4.89. The van der Waals surface area contributed by atoms with E-state index in [-0.39, 0.29) is 17.9 Å². The summed E-state index contributed by atoms with van der Waals surface area (Å²) in [6.07, 6.45) is 6.49. The summed E-state index contributed by atoms with van der Waals surface area (Å²) >= 11 is 0. The van der Waals surface area contributed by atoms with Crippen molar-refractivity contribution in [2.75, 3.05) is 0 Å². The van der Waals surface area contributed by atoms with Crippen molar-refractivity contribution in [3.8, 4) is 0 Å². The predicted octanol–water partition coefficient (Wildman–Crippen LogP) is 2.16. The van der Waals surface area contributed by atoms with Crippen LogP contribution in [0.1, 0.15) is 45.4 Å². The first-order valence-corrected chi connectivity index (χ1v) is 6.33. The lowest BCUT2D eigenvalue weighted by Crippen LogP contribution is -2.38. The zero-order chi connectivity index (χ0) is 12.4. The number of carboxylic acid groups (broad SMARTS) is 1. The number of rotatable bonds is 2. The lowest BCUT2D eigenvalue weighted by Gasteiger charge is -2.34. The van der Waals surface area contributed by atoms with E-state index in [0.717, 1.165) is 25.0 Å². The molecule has 1 saturated carbocycles. The first-order chi connectivity index (χ1) is 8.13. The second-order valence-electron chi connectivity index (χ2n) is 4.89. The minimum Gasteiger partial charge on any atom is -0.481 e. The fourth-order valence-electron chi connectivity index (χ4n) is 2.94. The average molecular weight is 237 g/mol. The van der Waals surface area contributed by atoms with Crippen molar-refractivity contribution in [3.63, 3.8) is 0 Å². The van der Waals surface area contributed by atoms with Gasteiger partial charge in [-0.25, -0.2) is 0 Å². The molecule has 0 spiro atoms. The number of hydrogen-bond acceptors (Lipinski definition) is 2. The van der Waals surface area contributed by atoms with Crippen LogP contribution in [0.2, 0.25) is 0 Å². The van der Waals surface area contributed by atoms with Gasteiger partial charge in [0.2, 0.25) is 5.91 Å². The van der Waals surface area contributed by atoms with Crippen molar-refractivity contribution in [1.82, 2.24) is 4.90 Å². The Morgan fingerprint density at radius 2 is 1.94 bits per heavy atom. The molecular weight excluding hydrogens is 218 g/mol. The van der Waals surface area contributed by atoms with Crippen LogP contribution in [0.25, 0.3) is 0 Å². The zero-order valence-electron chi connectivity index (χ0n) is 10.2. The third kappa shape index (κ3) is 2.35. The number of carboxylic acids is 1. The first kappa shape index (κ1) is 12.1. The Hall–Kier alpha value is -1.32. The van der Waals surface area contributed by atoms with Gasteiger partial charge in [0.05, 0.1) is 5.92 Å². The third-order valence-electron chi connectivity index (χ3n) is 3.92. The topological polar surface area (TPSA) is 57.6 Å². The summed E-state index contributed by atoms with van der Waals surface area (Å²) in [5.41, 5.74) is 1.12. The van der Waals surface area contributed by atoms with Crippen molar-refractivity contribution in [1.29, 1.82) is 0 Å². The van der Waals surface area contributed by atoms with E-state index in [1.165, 1.54) is 0 Å². The Labute approximate surface area is 101 Å². The summed E-state index contributed by atoms with van der Waals surface area (Å²) in [7, 11) is 0. The summed E-state index contributed by atoms with van der Waals surface area (Å²) < 4.78 is 0. The fourth-order valence-corrected chi connectivity index (χ4v) is 2.94. The Morgan fingerprint density at radius 3 is 2.47 bits per heavy atom. The van der Waals surface area contributed by atoms with E-state index < -0.39 is 5.97 Å². The molecule has 2 aliphatic rings. The van der Waals surface area contributed by atoms with Gasteiger partial charge in [-0.05, 0) is 39.0 Å². The standard InChI is InChI=1S/C13H19NO3/c1-2-10-7-8-12(15)14(10)11-5-3-9(4-6-11)13(16)17/h2,9,11H,3-8H2,1H3,(H,16,17)/b10-2+. The number of nitrogens with zero attached hydrogens (tertiary/aromatic N) is 1. The van der Waals surface area contributed by atoms with E-state index >= 15 is 0 Å². The van der Waals surface area contributed by atoms with Gasteiger partial charge in [-0.3, -0.25) is 9.59 Å². The molecule has 0 radical (unpaired) electrons. The summed E-state index contributed by atoms with van der Waals surface area (Å²) in [6, 6.07) is 0.229. The molecule has 2 rings (SSSR count). The van der Waals surface area contributed by atoms with E-state index in [9.17, 15) is 9.59 Å². The van der Waals surface area contributed by atoms with Crippen LogP contribution >= 0.6 is 0 Å². The molecule has 1 saturated heterocycles. The molecule has 4 nitrogen and oxygen atoms in total. The molecule has 1 heterocycles. The number of carbonyl (C=O) groups excluding carboxylic acids is 1. The lowest BCUT2D eigenvalue weighted by atomic mass is 9.85. The highest BCUT2D eigenvalue weighted by Gasteiger charge is 2.35. The SMILES string of the molecule is C/C=C1\CCC(=O)N1C1CCC(C(=O)O)CC1. The second kappa shape index (κ2) is 4.90. The lowest BCUT2D eigenvalue weighted by molar-refractivity contribution is -0.143. The largest absolute Gasteiger partial charge is 0.481 e. The molecule has 1 N–H and O–H groups in total. The van der Waals surface area contributed by atoms with Crippen LogP contribution in [-0.2, 0) is 9.59 Å². The Bertz CT molecular complexity index is 354. The third-order valence-corrected chi connectivity index (χ3v) is 3.92. The van der Waals surface area contributed by atoms with Gasteiger partial charge in [0.25, 0.3) is 0 Å². The highest BCUT2D eigenvalue weighted by Crippen LogP contribution is 2.34. The maximum absolute atomic E-state index is 11.8. The van der Waals surface area contributed by atoms with Crippen molar-refractivity contribution in [2.45, 2.75) is 51.5 Å². The van der Waals surface area contributed by atoms with Crippen molar-refractivity contribution in [3.05, 3.63) is 11.8 Å².